The first-order valence-corrected chi connectivity index (χ1v) is 8.72. The smallest absolute Gasteiger partial charge is 0.251 e. The van der Waals surface area contributed by atoms with Crippen LogP contribution in [0.2, 0.25) is 0 Å². The topological polar surface area (TPSA) is 94.8 Å². The van der Waals surface area contributed by atoms with Crippen molar-refractivity contribution in [1.29, 1.82) is 0 Å². The molecular weight excluding hydrogens is 344 g/mol. The number of amides is 1. The number of ether oxygens (including phenoxy) is 1. The summed E-state index contributed by atoms with van der Waals surface area (Å²) in [5, 5.41) is 11.1. The molecule has 8 heteroatoms. The maximum absolute atomic E-state index is 12.7. The third kappa shape index (κ3) is 4.73. The van der Waals surface area contributed by atoms with Gasteiger partial charge in [0, 0.05) is 43.8 Å². The molecule has 3 aromatic rings. The summed E-state index contributed by atoms with van der Waals surface area (Å²) in [6.45, 7) is 3.29. The predicted octanol–water partition coefficient (Wildman–Crippen LogP) is 2.26. The number of nitrogens with one attached hydrogen (secondary N) is 1. The van der Waals surface area contributed by atoms with Gasteiger partial charge in [0.05, 0.1) is 6.04 Å². The van der Waals surface area contributed by atoms with Crippen LogP contribution in [0.1, 0.15) is 35.6 Å². The molecule has 2 heterocycles. The monoisotopic (exact) mass is 366 g/mol. The Labute approximate surface area is 157 Å². The van der Waals surface area contributed by atoms with Crippen LogP contribution < -0.4 is 5.32 Å². The molecule has 0 saturated carbocycles. The van der Waals surface area contributed by atoms with Crippen molar-refractivity contribution in [1.82, 2.24) is 30.0 Å². The summed E-state index contributed by atoms with van der Waals surface area (Å²) >= 11 is 0. The zero-order valence-corrected chi connectivity index (χ0v) is 15.4. The lowest BCUT2D eigenvalue weighted by atomic mass is 10.1. The van der Waals surface area contributed by atoms with Gasteiger partial charge in [0.1, 0.15) is 12.7 Å². The van der Waals surface area contributed by atoms with Gasteiger partial charge in [-0.05, 0) is 31.0 Å². The van der Waals surface area contributed by atoms with Gasteiger partial charge in [-0.15, -0.1) is 10.2 Å². The molecule has 1 amide bonds. The highest BCUT2D eigenvalue weighted by molar-refractivity contribution is 5.95. The standard InChI is InChI=1S/C19H22N6O2/c1-14(18-24-22-13-25(18)7-4-8-27-2)23-19(26)16-6-3-5-15(9-16)17-10-20-12-21-11-17/h3,5-6,9-14H,4,7-8H2,1-2H3,(H,23,26)/t14-/m1/s1. The Balaban J connectivity index is 1.70. The SMILES string of the molecule is COCCCn1cnnc1[C@@H](C)NC(=O)c1cccc(-c2cncnc2)c1. The maximum Gasteiger partial charge on any atom is 0.251 e. The molecule has 0 bridgehead atoms. The minimum atomic E-state index is -0.272. The molecule has 1 atom stereocenters. The Bertz CT molecular complexity index is 881. The summed E-state index contributed by atoms with van der Waals surface area (Å²) < 4.78 is 7.01. The van der Waals surface area contributed by atoms with E-state index in [0.717, 1.165) is 24.1 Å². The van der Waals surface area contributed by atoms with Crippen LogP contribution >= 0.6 is 0 Å². The van der Waals surface area contributed by atoms with Crippen LogP contribution in [0.25, 0.3) is 11.1 Å². The van der Waals surface area contributed by atoms with Crippen LogP contribution in [0.5, 0.6) is 0 Å². The summed E-state index contributed by atoms with van der Waals surface area (Å²) in [6.07, 6.45) is 7.43. The van der Waals surface area contributed by atoms with Crippen molar-refractivity contribution in [3.63, 3.8) is 0 Å². The Morgan fingerprint density at radius 3 is 2.85 bits per heavy atom. The van der Waals surface area contributed by atoms with Crippen molar-refractivity contribution in [3.05, 3.63) is 60.7 Å². The van der Waals surface area contributed by atoms with E-state index in [0.29, 0.717) is 18.0 Å². The van der Waals surface area contributed by atoms with Crippen LogP contribution in [-0.2, 0) is 11.3 Å². The van der Waals surface area contributed by atoms with E-state index in [2.05, 4.69) is 25.5 Å². The number of aromatic nitrogens is 5. The van der Waals surface area contributed by atoms with Crippen molar-refractivity contribution in [2.45, 2.75) is 25.9 Å². The Morgan fingerprint density at radius 2 is 2.07 bits per heavy atom. The number of hydrogen-bond donors (Lipinski definition) is 1. The minimum Gasteiger partial charge on any atom is -0.385 e. The van der Waals surface area contributed by atoms with E-state index in [9.17, 15) is 4.79 Å². The highest BCUT2D eigenvalue weighted by atomic mass is 16.5. The molecule has 0 aliphatic carbocycles. The predicted molar refractivity (Wildman–Crippen MR) is 99.9 cm³/mol. The zero-order chi connectivity index (χ0) is 19.1. The van der Waals surface area contributed by atoms with Crippen molar-refractivity contribution in [2.24, 2.45) is 0 Å². The Morgan fingerprint density at radius 1 is 1.26 bits per heavy atom. The summed E-state index contributed by atoms with van der Waals surface area (Å²) in [4.78, 5) is 20.7. The van der Waals surface area contributed by atoms with E-state index in [-0.39, 0.29) is 11.9 Å². The van der Waals surface area contributed by atoms with Crippen molar-refractivity contribution in [3.8, 4) is 11.1 Å². The van der Waals surface area contributed by atoms with Gasteiger partial charge < -0.3 is 14.6 Å². The number of carbonyl (C=O) groups excluding carboxylic acids is 1. The molecule has 2 aromatic heterocycles. The minimum absolute atomic E-state index is 0.173. The first kappa shape index (κ1) is 18.7. The third-order valence-corrected chi connectivity index (χ3v) is 4.15. The highest BCUT2D eigenvalue weighted by Crippen LogP contribution is 2.19. The molecule has 0 radical (unpaired) electrons. The molecule has 0 spiro atoms. The van der Waals surface area contributed by atoms with Crippen LogP contribution in [0.3, 0.4) is 0 Å². The second-order valence-corrected chi connectivity index (χ2v) is 6.13. The van der Waals surface area contributed by atoms with Gasteiger partial charge in [-0.1, -0.05) is 12.1 Å². The fourth-order valence-electron chi connectivity index (χ4n) is 2.78. The molecule has 3 rings (SSSR count). The van der Waals surface area contributed by atoms with Crippen LogP contribution in [0.4, 0.5) is 0 Å². The third-order valence-electron chi connectivity index (χ3n) is 4.15. The Kier molecular flexibility index (Phi) is 6.22. The van der Waals surface area contributed by atoms with E-state index in [4.69, 9.17) is 4.74 Å². The van der Waals surface area contributed by atoms with Gasteiger partial charge in [0.15, 0.2) is 5.82 Å². The van der Waals surface area contributed by atoms with Gasteiger partial charge in [0.25, 0.3) is 5.91 Å². The number of carbonyl (C=O) groups is 1. The van der Waals surface area contributed by atoms with Gasteiger partial charge in [-0.3, -0.25) is 4.79 Å². The summed E-state index contributed by atoms with van der Waals surface area (Å²) in [7, 11) is 1.67. The van der Waals surface area contributed by atoms with Crippen LogP contribution in [0.15, 0.2) is 49.3 Å². The van der Waals surface area contributed by atoms with Gasteiger partial charge in [-0.2, -0.15) is 0 Å². The molecule has 0 aliphatic heterocycles. The largest absolute Gasteiger partial charge is 0.385 e. The fraction of sp³-hybridized carbons (Fsp3) is 0.316. The molecule has 0 fully saturated rings. The molecule has 0 aliphatic rings. The average Bonchev–Trinajstić information content (AvgIpc) is 3.18. The Hall–Kier alpha value is -3.13. The second kappa shape index (κ2) is 9.00. The molecule has 140 valence electrons. The molecule has 0 unspecified atom stereocenters. The molecule has 8 nitrogen and oxygen atoms in total. The van der Waals surface area contributed by atoms with E-state index in [1.807, 2.05) is 29.7 Å². The van der Waals surface area contributed by atoms with Gasteiger partial charge in [0.2, 0.25) is 0 Å². The van der Waals surface area contributed by atoms with Crippen molar-refractivity contribution >= 4 is 5.91 Å². The fourth-order valence-corrected chi connectivity index (χ4v) is 2.78. The van der Waals surface area contributed by atoms with E-state index in [1.54, 1.807) is 31.9 Å². The second-order valence-electron chi connectivity index (χ2n) is 6.13. The summed E-state index contributed by atoms with van der Waals surface area (Å²) in [5.41, 5.74) is 2.31. The number of nitrogens with zero attached hydrogens (tertiary/aromatic N) is 5. The average molecular weight is 366 g/mol. The lowest BCUT2D eigenvalue weighted by Crippen LogP contribution is -2.28. The maximum atomic E-state index is 12.7. The normalized spacial score (nSPS) is 11.9. The lowest BCUT2D eigenvalue weighted by molar-refractivity contribution is 0.0937. The highest BCUT2D eigenvalue weighted by Gasteiger charge is 2.17. The van der Waals surface area contributed by atoms with Crippen molar-refractivity contribution < 1.29 is 9.53 Å². The van der Waals surface area contributed by atoms with Gasteiger partial charge >= 0.3 is 0 Å². The number of aryl methyl sites for hydroxylation is 1. The van der Waals surface area contributed by atoms with E-state index >= 15 is 0 Å². The van der Waals surface area contributed by atoms with E-state index < -0.39 is 0 Å². The van der Waals surface area contributed by atoms with E-state index in [1.165, 1.54) is 6.33 Å². The summed E-state index contributed by atoms with van der Waals surface area (Å²) in [5.74, 6) is 0.541. The number of rotatable bonds is 8. The zero-order valence-electron chi connectivity index (χ0n) is 15.4. The van der Waals surface area contributed by atoms with Crippen LogP contribution in [-0.4, -0.2) is 44.4 Å². The number of benzene rings is 1. The lowest BCUT2D eigenvalue weighted by Gasteiger charge is -2.15. The quantitative estimate of drug-likeness (QED) is 0.615. The molecule has 27 heavy (non-hydrogen) atoms. The van der Waals surface area contributed by atoms with Gasteiger partial charge in [-0.25, -0.2) is 9.97 Å². The molecule has 1 N–H and O–H groups in total. The number of methoxy groups -OCH3 is 1. The van der Waals surface area contributed by atoms with Crippen molar-refractivity contribution in [2.75, 3.05) is 13.7 Å². The van der Waals surface area contributed by atoms with Crippen LogP contribution in [0, 0.1) is 0 Å². The first-order valence-electron chi connectivity index (χ1n) is 8.72. The molecule has 0 saturated heterocycles. The summed E-state index contributed by atoms with van der Waals surface area (Å²) in [6, 6.07) is 7.09. The number of hydrogen-bond acceptors (Lipinski definition) is 6. The molecular formula is C19H22N6O2. The first-order chi connectivity index (χ1) is 13.2. The molecule has 1 aromatic carbocycles.